The molecule has 0 aliphatic rings. The lowest BCUT2D eigenvalue weighted by atomic mass is 10.1. The maximum Gasteiger partial charge on any atom is 0.111 e. The minimum absolute atomic E-state index is 0.503. The summed E-state index contributed by atoms with van der Waals surface area (Å²) in [6.45, 7) is 19.4. The van der Waals surface area contributed by atoms with Gasteiger partial charge in [-0.1, -0.05) is 77.7 Å². The van der Waals surface area contributed by atoms with Gasteiger partial charge in [-0.25, -0.2) is 0 Å². The summed E-state index contributed by atoms with van der Waals surface area (Å²) in [4.78, 5) is 0. The highest BCUT2D eigenvalue weighted by molar-refractivity contribution is 4.49. The van der Waals surface area contributed by atoms with Gasteiger partial charge in [-0.3, -0.25) is 0 Å². The molecule has 0 fully saturated rings. The van der Waals surface area contributed by atoms with E-state index in [0.717, 1.165) is 13.0 Å². The largest absolute Gasteiger partial charge is 0.499 e. The van der Waals surface area contributed by atoms with Crippen molar-refractivity contribution >= 4 is 0 Å². The first-order valence-corrected chi connectivity index (χ1v) is 20.1. The summed E-state index contributed by atoms with van der Waals surface area (Å²) in [6, 6.07) is 0. The van der Waals surface area contributed by atoms with Crippen LogP contribution in [0.3, 0.4) is 0 Å². The first-order chi connectivity index (χ1) is 25.9. The zero-order valence-corrected chi connectivity index (χ0v) is 33.0. The molecule has 0 aromatic heterocycles. The van der Waals surface area contributed by atoms with Gasteiger partial charge in [0, 0.05) is 6.61 Å². The van der Waals surface area contributed by atoms with E-state index in [4.69, 9.17) is 61.6 Å². The summed E-state index contributed by atoms with van der Waals surface area (Å²) < 4.78 is 70.9. The normalized spacial score (nSPS) is 11.5. The molecule has 0 saturated carbocycles. The van der Waals surface area contributed by atoms with Gasteiger partial charge in [-0.05, 0) is 6.42 Å². The van der Waals surface area contributed by atoms with Crippen molar-refractivity contribution < 1.29 is 61.6 Å². The molecule has 0 bridgehead atoms. The van der Waals surface area contributed by atoms with Gasteiger partial charge in [-0.15, -0.1) is 0 Å². The maximum atomic E-state index is 5.66. The van der Waals surface area contributed by atoms with E-state index in [1.54, 1.807) is 0 Å². The molecule has 0 unspecified atom stereocenters. The number of unbranched alkanes of at least 4 members (excludes halogenated alkanes) is 10. The van der Waals surface area contributed by atoms with E-state index in [2.05, 4.69) is 13.5 Å². The molecule has 52 heavy (non-hydrogen) atoms. The van der Waals surface area contributed by atoms with E-state index in [0.29, 0.717) is 159 Å². The highest BCUT2D eigenvalue weighted by Gasteiger charge is 1.98. The van der Waals surface area contributed by atoms with Crippen molar-refractivity contribution in [3.8, 4) is 0 Å². The molecular formula is C39H78O13. The first-order valence-electron chi connectivity index (χ1n) is 20.1. The molecule has 13 heteroatoms. The van der Waals surface area contributed by atoms with Crippen molar-refractivity contribution in [2.75, 3.05) is 165 Å². The third-order valence-corrected chi connectivity index (χ3v) is 7.45. The van der Waals surface area contributed by atoms with Crippen LogP contribution < -0.4 is 0 Å². The number of ether oxygens (including phenoxy) is 13. The van der Waals surface area contributed by atoms with Crippen molar-refractivity contribution in [2.45, 2.75) is 77.6 Å². The lowest BCUT2D eigenvalue weighted by Gasteiger charge is -2.09. The lowest BCUT2D eigenvalue weighted by Crippen LogP contribution is -2.15. The van der Waals surface area contributed by atoms with E-state index < -0.39 is 0 Å². The summed E-state index contributed by atoms with van der Waals surface area (Å²) in [5, 5.41) is 0. The van der Waals surface area contributed by atoms with Crippen LogP contribution in [0.25, 0.3) is 0 Å². The van der Waals surface area contributed by atoms with Gasteiger partial charge in [0.05, 0.1) is 158 Å². The fourth-order valence-corrected chi connectivity index (χ4v) is 4.58. The van der Waals surface area contributed by atoms with Crippen LogP contribution in [0.4, 0.5) is 0 Å². The first kappa shape index (κ1) is 51.1. The van der Waals surface area contributed by atoms with Crippen LogP contribution in [-0.4, -0.2) is 165 Å². The van der Waals surface area contributed by atoms with Crippen molar-refractivity contribution in [2.24, 2.45) is 0 Å². The Balaban J connectivity index is 3.05. The fraction of sp³-hybridized carbons (Fsp3) is 0.949. The molecule has 0 rings (SSSR count). The Bertz CT molecular complexity index is 633. The fourth-order valence-electron chi connectivity index (χ4n) is 4.58. The van der Waals surface area contributed by atoms with Crippen LogP contribution in [0.2, 0.25) is 0 Å². The number of rotatable bonds is 49. The van der Waals surface area contributed by atoms with Crippen molar-refractivity contribution in [3.63, 3.8) is 0 Å². The minimum Gasteiger partial charge on any atom is -0.499 e. The van der Waals surface area contributed by atoms with Crippen molar-refractivity contribution in [1.82, 2.24) is 0 Å². The smallest absolute Gasteiger partial charge is 0.111 e. The Morgan fingerprint density at radius 2 is 0.442 bits per heavy atom. The minimum atomic E-state index is 0.503. The quantitative estimate of drug-likeness (QED) is 0.0562. The molecule has 0 aliphatic carbocycles. The van der Waals surface area contributed by atoms with Crippen molar-refractivity contribution in [3.05, 3.63) is 12.8 Å². The molecule has 0 N–H and O–H groups in total. The predicted molar refractivity (Wildman–Crippen MR) is 202 cm³/mol. The molecular weight excluding hydrogens is 676 g/mol. The van der Waals surface area contributed by atoms with Crippen LogP contribution in [0.1, 0.15) is 77.6 Å². The molecule has 0 aliphatic heterocycles. The third-order valence-electron chi connectivity index (χ3n) is 7.45. The Hall–Kier alpha value is -0.940. The van der Waals surface area contributed by atoms with Gasteiger partial charge < -0.3 is 61.6 Å². The van der Waals surface area contributed by atoms with Gasteiger partial charge in [-0.2, -0.15) is 0 Å². The number of hydrogen-bond acceptors (Lipinski definition) is 13. The standard InChI is InChI=1S/C39H78O13/c1-3-5-6-7-8-9-10-11-12-13-14-15-41-18-19-43-22-23-45-26-27-47-30-31-49-34-35-51-38-39-52-37-36-50-33-32-48-29-28-46-25-24-44-21-20-42-17-16-40-4-2/h4H,2-3,5-39H2,1H3. The molecule has 0 spiro atoms. The SMILES string of the molecule is C=COCCOCCOCCOCCOCCOCCOCCOCCOCCOCCOCCOCCOCCCCCCCCCCCCC. The Labute approximate surface area is 316 Å². The van der Waals surface area contributed by atoms with Crippen LogP contribution in [0.5, 0.6) is 0 Å². The second kappa shape index (κ2) is 50.1. The Morgan fingerprint density at radius 1 is 0.250 bits per heavy atom. The molecule has 13 nitrogen and oxygen atoms in total. The van der Waals surface area contributed by atoms with Gasteiger partial charge in [0.2, 0.25) is 0 Å². The zero-order chi connectivity index (χ0) is 37.4. The zero-order valence-electron chi connectivity index (χ0n) is 33.0. The van der Waals surface area contributed by atoms with E-state index in [9.17, 15) is 0 Å². The van der Waals surface area contributed by atoms with E-state index in [1.165, 1.54) is 70.5 Å². The van der Waals surface area contributed by atoms with Gasteiger partial charge in [0.15, 0.2) is 0 Å². The van der Waals surface area contributed by atoms with Crippen LogP contribution in [0, 0.1) is 0 Å². The second-order valence-corrected chi connectivity index (χ2v) is 11.9. The summed E-state index contributed by atoms with van der Waals surface area (Å²) in [5.41, 5.74) is 0. The van der Waals surface area contributed by atoms with E-state index in [1.807, 2.05) is 0 Å². The van der Waals surface area contributed by atoms with Crippen LogP contribution >= 0.6 is 0 Å². The molecule has 312 valence electrons. The van der Waals surface area contributed by atoms with E-state index in [-0.39, 0.29) is 0 Å². The summed E-state index contributed by atoms with van der Waals surface area (Å²) in [6.07, 6.45) is 16.3. The Morgan fingerprint density at radius 3 is 0.673 bits per heavy atom. The van der Waals surface area contributed by atoms with Crippen molar-refractivity contribution in [1.29, 1.82) is 0 Å². The predicted octanol–water partition coefficient (Wildman–Crippen LogP) is 5.66. The lowest BCUT2D eigenvalue weighted by molar-refractivity contribution is -0.0286. The average molecular weight is 755 g/mol. The van der Waals surface area contributed by atoms with Crippen LogP contribution in [-0.2, 0) is 61.6 Å². The Kier molecular flexibility index (Phi) is 49.2. The monoisotopic (exact) mass is 755 g/mol. The summed E-state index contributed by atoms with van der Waals surface area (Å²) in [7, 11) is 0. The third kappa shape index (κ3) is 49.1. The topological polar surface area (TPSA) is 120 Å². The molecule has 0 heterocycles. The van der Waals surface area contributed by atoms with Gasteiger partial charge in [0.25, 0.3) is 0 Å². The maximum absolute atomic E-state index is 5.66. The van der Waals surface area contributed by atoms with Gasteiger partial charge in [0.1, 0.15) is 6.61 Å². The molecule has 0 aromatic carbocycles. The molecule has 0 aromatic rings. The molecule has 0 saturated heterocycles. The molecule has 0 radical (unpaired) electrons. The second-order valence-electron chi connectivity index (χ2n) is 11.9. The van der Waals surface area contributed by atoms with Gasteiger partial charge >= 0.3 is 0 Å². The van der Waals surface area contributed by atoms with E-state index >= 15 is 0 Å². The number of hydrogen-bond donors (Lipinski definition) is 0. The summed E-state index contributed by atoms with van der Waals surface area (Å²) in [5.74, 6) is 0. The summed E-state index contributed by atoms with van der Waals surface area (Å²) >= 11 is 0. The van der Waals surface area contributed by atoms with Crippen LogP contribution in [0.15, 0.2) is 12.8 Å². The molecule has 0 atom stereocenters. The molecule has 0 amide bonds. The average Bonchev–Trinajstić information content (AvgIpc) is 3.16. The highest BCUT2D eigenvalue weighted by Crippen LogP contribution is 2.11. The highest BCUT2D eigenvalue weighted by atomic mass is 16.6.